The lowest BCUT2D eigenvalue weighted by Gasteiger charge is -2.11. The van der Waals surface area contributed by atoms with Crippen molar-refractivity contribution in [3.8, 4) is 11.4 Å². The summed E-state index contributed by atoms with van der Waals surface area (Å²) in [6.45, 7) is 1.28. The molecule has 1 unspecified atom stereocenters. The summed E-state index contributed by atoms with van der Waals surface area (Å²) in [4.78, 5) is 23.9. The van der Waals surface area contributed by atoms with Crippen LogP contribution in [-0.2, 0) is 18.9 Å². The maximum absolute atomic E-state index is 13.3. The van der Waals surface area contributed by atoms with Gasteiger partial charge in [-0.1, -0.05) is 5.16 Å². The Morgan fingerprint density at radius 2 is 1.72 bits per heavy atom. The number of rotatable bonds is 6. The van der Waals surface area contributed by atoms with Crippen molar-refractivity contribution in [2.75, 3.05) is 0 Å². The van der Waals surface area contributed by atoms with Crippen LogP contribution in [0.5, 0.6) is 0 Å². The zero-order valence-electron chi connectivity index (χ0n) is 18.2. The molecule has 36 heavy (non-hydrogen) atoms. The minimum Gasteiger partial charge on any atom is -0.339 e. The van der Waals surface area contributed by atoms with Crippen LogP contribution < -0.4 is 5.32 Å². The Morgan fingerprint density at radius 3 is 2.39 bits per heavy atom. The zero-order chi connectivity index (χ0) is 26.1. The molecule has 188 valence electrons. The predicted molar refractivity (Wildman–Crippen MR) is 109 cm³/mol. The fourth-order valence-corrected chi connectivity index (χ4v) is 3.11. The van der Waals surface area contributed by atoms with Gasteiger partial charge in [0.2, 0.25) is 11.7 Å². The van der Waals surface area contributed by atoms with E-state index in [0.29, 0.717) is 11.6 Å². The molecule has 0 aliphatic heterocycles. The average Bonchev–Trinajstić information content (AvgIpc) is 3.47. The molecule has 4 heterocycles. The van der Waals surface area contributed by atoms with Crippen molar-refractivity contribution in [1.82, 2.24) is 35.2 Å². The SMILES string of the molecule is CC(NC(=O)c1cc(C(F)(F)F)nn1Cc1ccncc1)c1nc(-c2ccnc(C(F)(F)F)c2)no1. The van der Waals surface area contributed by atoms with Crippen LogP contribution in [0.2, 0.25) is 0 Å². The molecule has 0 saturated carbocycles. The molecule has 0 spiro atoms. The third-order valence-corrected chi connectivity index (χ3v) is 4.85. The normalized spacial score (nSPS) is 13.0. The molecular weight excluding hydrogens is 496 g/mol. The van der Waals surface area contributed by atoms with Crippen molar-refractivity contribution in [2.24, 2.45) is 0 Å². The second-order valence-corrected chi connectivity index (χ2v) is 7.50. The first-order valence-corrected chi connectivity index (χ1v) is 10.1. The maximum Gasteiger partial charge on any atom is 0.435 e. The van der Waals surface area contributed by atoms with Crippen molar-refractivity contribution in [2.45, 2.75) is 31.9 Å². The van der Waals surface area contributed by atoms with E-state index < -0.39 is 35.7 Å². The molecule has 0 bridgehead atoms. The van der Waals surface area contributed by atoms with Crippen LogP contribution in [0.4, 0.5) is 26.3 Å². The molecule has 1 amide bonds. The number of aromatic nitrogens is 6. The lowest BCUT2D eigenvalue weighted by atomic mass is 10.2. The van der Waals surface area contributed by atoms with E-state index in [-0.39, 0.29) is 29.5 Å². The molecule has 1 N–H and O–H groups in total. The number of hydrogen-bond donors (Lipinski definition) is 1. The van der Waals surface area contributed by atoms with Gasteiger partial charge in [-0.15, -0.1) is 0 Å². The minimum absolute atomic E-state index is 0.0314. The average molecular weight is 511 g/mol. The van der Waals surface area contributed by atoms with Gasteiger partial charge in [0.15, 0.2) is 5.69 Å². The van der Waals surface area contributed by atoms with Gasteiger partial charge in [-0.3, -0.25) is 19.4 Å². The van der Waals surface area contributed by atoms with Gasteiger partial charge in [-0.2, -0.15) is 36.4 Å². The number of hydrogen-bond acceptors (Lipinski definition) is 7. The number of nitrogens with zero attached hydrogens (tertiary/aromatic N) is 6. The quantitative estimate of drug-likeness (QED) is 0.384. The first-order chi connectivity index (χ1) is 16.9. The third-order valence-electron chi connectivity index (χ3n) is 4.85. The molecule has 1 atom stereocenters. The summed E-state index contributed by atoms with van der Waals surface area (Å²) < 4.78 is 84.4. The molecular formula is C21H15F6N7O2. The summed E-state index contributed by atoms with van der Waals surface area (Å²) in [7, 11) is 0. The lowest BCUT2D eigenvalue weighted by molar-refractivity contribution is -0.142. The van der Waals surface area contributed by atoms with Gasteiger partial charge in [0.05, 0.1) is 6.54 Å². The second-order valence-electron chi connectivity index (χ2n) is 7.50. The Labute approximate surface area is 198 Å². The fraction of sp³-hybridized carbons (Fsp3) is 0.238. The molecule has 4 rings (SSSR count). The highest BCUT2D eigenvalue weighted by Crippen LogP contribution is 2.31. The second kappa shape index (κ2) is 9.39. The first-order valence-electron chi connectivity index (χ1n) is 10.1. The molecule has 0 aromatic carbocycles. The van der Waals surface area contributed by atoms with Crippen molar-refractivity contribution < 1.29 is 35.7 Å². The van der Waals surface area contributed by atoms with Crippen molar-refractivity contribution >= 4 is 5.91 Å². The summed E-state index contributed by atoms with van der Waals surface area (Å²) in [6, 6.07) is 4.70. The lowest BCUT2D eigenvalue weighted by Crippen LogP contribution is -2.29. The number of pyridine rings is 2. The monoisotopic (exact) mass is 511 g/mol. The van der Waals surface area contributed by atoms with Crippen LogP contribution in [0, 0.1) is 0 Å². The number of amides is 1. The number of carbonyl (C=O) groups is 1. The van der Waals surface area contributed by atoms with Gasteiger partial charge < -0.3 is 9.84 Å². The molecule has 0 saturated heterocycles. The molecule has 0 radical (unpaired) electrons. The highest BCUT2D eigenvalue weighted by molar-refractivity contribution is 5.93. The molecule has 4 aromatic rings. The Kier molecular flexibility index (Phi) is 6.47. The predicted octanol–water partition coefficient (Wildman–Crippen LogP) is 4.30. The van der Waals surface area contributed by atoms with Gasteiger partial charge in [0.1, 0.15) is 17.4 Å². The molecule has 15 heteroatoms. The van der Waals surface area contributed by atoms with Crippen LogP contribution in [0.15, 0.2) is 53.4 Å². The summed E-state index contributed by atoms with van der Waals surface area (Å²) in [5, 5.41) is 9.56. The van der Waals surface area contributed by atoms with E-state index in [1.165, 1.54) is 25.4 Å². The van der Waals surface area contributed by atoms with E-state index in [1.54, 1.807) is 12.1 Å². The van der Waals surface area contributed by atoms with Crippen LogP contribution >= 0.6 is 0 Å². The Hall–Kier alpha value is -4.30. The van der Waals surface area contributed by atoms with Crippen molar-refractivity contribution in [3.63, 3.8) is 0 Å². The molecule has 4 aromatic heterocycles. The summed E-state index contributed by atoms with van der Waals surface area (Å²) in [5.74, 6) is -1.29. The Bertz CT molecular complexity index is 1370. The smallest absolute Gasteiger partial charge is 0.339 e. The van der Waals surface area contributed by atoms with E-state index in [0.717, 1.165) is 16.9 Å². The van der Waals surface area contributed by atoms with Crippen LogP contribution in [0.3, 0.4) is 0 Å². The molecule has 0 aliphatic carbocycles. The number of halogens is 6. The zero-order valence-corrected chi connectivity index (χ0v) is 18.2. The van der Waals surface area contributed by atoms with Gasteiger partial charge >= 0.3 is 12.4 Å². The molecule has 0 fully saturated rings. The summed E-state index contributed by atoms with van der Waals surface area (Å²) >= 11 is 0. The minimum atomic E-state index is -4.79. The van der Waals surface area contributed by atoms with Gasteiger partial charge in [-0.05, 0) is 36.8 Å². The van der Waals surface area contributed by atoms with E-state index in [9.17, 15) is 31.1 Å². The molecule has 0 aliphatic rings. The van der Waals surface area contributed by atoms with E-state index in [1.807, 2.05) is 0 Å². The largest absolute Gasteiger partial charge is 0.435 e. The topological polar surface area (TPSA) is 112 Å². The third kappa shape index (κ3) is 5.50. The van der Waals surface area contributed by atoms with Crippen LogP contribution in [-0.4, -0.2) is 35.8 Å². The standard InChI is InChI=1S/C21H15F6N7O2/c1-11(19-31-17(33-36-19)13-4-7-29-15(8-13)20(22,23)24)30-18(35)14-9-16(21(25,26)27)32-34(14)10-12-2-5-28-6-3-12/h2-9,11H,10H2,1H3,(H,30,35). The summed E-state index contributed by atoms with van der Waals surface area (Å²) in [6.07, 6.45) is -5.65. The van der Waals surface area contributed by atoms with E-state index >= 15 is 0 Å². The summed E-state index contributed by atoms with van der Waals surface area (Å²) in [5.41, 5.74) is -2.27. The van der Waals surface area contributed by atoms with Gasteiger partial charge in [0.25, 0.3) is 5.91 Å². The van der Waals surface area contributed by atoms with Crippen molar-refractivity contribution in [3.05, 3.63) is 77.5 Å². The van der Waals surface area contributed by atoms with Gasteiger partial charge in [0, 0.05) is 30.2 Å². The number of alkyl halides is 6. The Morgan fingerprint density at radius 1 is 1.03 bits per heavy atom. The van der Waals surface area contributed by atoms with Crippen LogP contribution in [0.25, 0.3) is 11.4 Å². The van der Waals surface area contributed by atoms with Crippen molar-refractivity contribution in [1.29, 1.82) is 0 Å². The van der Waals surface area contributed by atoms with E-state index in [2.05, 4.69) is 30.5 Å². The van der Waals surface area contributed by atoms with Crippen LogP contribution in [0.1, 0.15) is 46.3 Å². The highest BCUT2D eigenvalue weighted by atomic mass is 19.4. The molecule has 9 nitrogen and oxygen atoms in total. The number of carbonyl (C=O) groups excluding carboxylic acids is 1. The highest BCUT2D eigenvalue weighted by Gasteiger charge is 2.36. The fourth-order valence-electron chi connectivity index (χ4n) is 3.11. The number of nitrogens with one attached hydrogen (secondary N) is 1. The van der Waals surface area contributed by atoms with E-state index in [4.69, 9.17) is 4.52 Å². The van der Waals surface area contributed by atoms with Gasteiger partial charge in [-0.25, -0.2) is 0 Å². The maximum atomic E-state index is 13.3. The first kappa shape index (κ1) is 24.8. The Balaban J connectivity index is 1.55.